The van der Waals surface area contributed by atoms with E-state index in [-0.39, 0.29) is 23.1 Å². The molecular formula is C18H18N2O7S. The average Bonchev–Trinajstić information content (AvgIpc) is 3.12. The van der Waals surface area contributed by atoms with E-state index in [1.165, 1.54) is 26.4 Å². The number of carbonyl (C=O) groups excluding carboxylic acids is 3. The molecule has 0 aliphatic heterocycles. The van der Waals surface area contributed by atoms with Gasteiger partial charge in [0.15, 0.2) is 23.2 Å². The van der Waals surface area contributed by atoms with E-state index in [2.05, 4.69) is 15.0 Å². The maximum absolute atomic E-state index is 11.8. The van der Waals surface area contributed by atoms with E-state index in [4.69, 9.17) is 9.47 Å². The van der Waals surface area contributed by atoms with Crippen LogP contribution in [-0.2, 0) is 30.3 Å². The highest BCUT2D eigenvalue weighted by molar-refractivity contribution is 7.13. The van der Waals surface area contributed by atoms with Gasteiger partial charge in [0, 0.05) is 11.5 Å². The first kappa shape index (κ1) is 20.9. The normalized spacial score (nSPS) is 10.5. The number of carbonyl (C=O) groups is 3. The molecule has 1 aromatic carbocycles. The number of thiazole rings is 1. The average molecular weight is 406 g/mol. The molecule has 0 spiro atoms. The van der Waals surface area contributed by atoms with Gasteiger partial charge in [-0.1, -0.05) is 6.07 Å². The summed E-state index contributed by atoms with van der Waals surface area (Å²) in [5.41, 5.74) is 1.08. The van der Waals surface area contributed by atoms with Gasteiger partial charge in [0.25, 0.3) is 5.91 Å². The molecule has 0 bridgehead atoms. The molecule has 28 heavy (non-hydrogen) atoms. The third kappa shape index (κ3) is 6.40. The highest BCUT2D eigenvalue weighted by Crippen LogP contribution is 2.26. The zero-order valence-corrected chi connectivity index (χ0v) is 15.9. The number of aromatic nitrogens is 1. The Balaban J connectivity index is 1.80. The van der Waals surface area contributed by atoms with Crippen molar-refractivity contribution in [3.63, 3.8) is 0 Å². The number of aromatic hydroxyl groups is 1. The van der Waals surface area contributed by atoms with Crippen molar-refractivity contribution in [1.29, 1.82) is 0 Å². The minimum Gasteiger partial charge on any atom is -0.504 e. The van der Waals surface area contributed by atoms with Crippen molar-refractivity contribution in [2.24, 2.45) is 0 Å². The van der Waals surface area contributed by atoms with E-state index in [0.29, 0.717) is 11.3 Å². The number of methoxy groups -OCH3 is 2. The number of ether oxygens (including phenoxy) is 3. The first-order valence-corrected chi connectivity index (χ1v) is 8.82. The van der Waals surface area contributed by atoms with Crippen molar-refractivity contribution in [2.45, 2.75) is 6.42 Å². The number of hydrogen-bond acceptors (Lipinski definition) is 9. The smallest absolute Gasteiger partial charge is 0.331 e. The Morgan fingerprint density at radius 1 is 1.29 bits per heavy atom. The zero-order valence-electron chi connectivity index (χ0n) is 15.1. The van der Waals surface area contributed by atoms with Gasteiger partial charge < -0.3 is 19.3 Å². The summed E-state index contributed by atoms with van der Waals surface area (Å²) in [4.78, 5) is 38.8. The van der Waals surface area contributed by atoms with Gasteiger partial charge in [-0.15, -0.1) is 11.3 Å². The fraction of sp³-hybridized carbons (Fsp3) is 0.222. The number of nitrogens with zero attached hydrogens (tertiary/aromatic N) is 1. The Morgan fingerprint density at radius 2 is 2.07 bits per heavy atom. The molecule has 0 fully saturated rings. The van der Waals surface area contributed by atoms with Crippen LogP contribution in [0, 0.1) is 0 Å². The monoisotopic (exact) mass is 406 g/mol. The fourth-order valence-corrected chi connectivity index (χ4v) is 2.69. The minimum atomic E-state index is -0.715. The largest absolute Gasteiger partial charge is 0.504 e. The van der Waals surface area contributed by atoms with Crippen LogP contribution in [0.1, 0.15) is 11.3 Å². The van der Waals surface area contributed by atoms with Crippen LogP contribution in [0.15, 0.2) is 29.7 Å². The SMILES string of the molecule is COC(=O)Cc1csc(NC(=O)COC(=O)/C=C/c2ccc(O)c(OC)c2)n1. The summed E-state index contributed by atoms with van der Waals surface area (Å²) < 4.78 is 14.4. The van der Waals surface area contributed by atoms with Gasteiger partial charge in [-0.2, -0.15) is 0 Å². The Kier molecular flexibility index (Phi) is 7.52. The van der Waals surface area contributed by atoms with Crippen molar-refractivity contribution in [3.05, 3.63) is 40.9 Å². The Bertz CT molecular complexity index is 892. The van der Waals surface area contributed by atoms with Gasteiger partial charge in [-0.3, -0.25) is 14.9 Å². The lowest BCUT2D eigenvalue weighted by Crippen LogP contribution is -2.20. The maximum atomic E-state index is 11.8. The molecule has 0 unspecified atom stereocenters. The third-order valence-corrected chi connectivity index (χ3v) is 4.12. The highest BCUT2D eigenvalue weighted by atomic mass is 32.1. The molecule has 0 radical (unpaired) electrons. The molecule has 0 saturated carbocycles. The Hall–Kier alpha value is -3.40. The van der Waals surface area contributed by atoms with Crippen molar-refractivity contribution in [2.75, 3.05) is 26.1 Å². The highest BCUT2D eigenvalue weighted by Gasteiger charge is 2.11. The third-order valence-electron chi connectivity index (χ3n) is 3.31. The molecular weight excluding hydrogens is 388 g/mol. The van der Waals surface area contributed by atoms with Crippen LogP contribution in [0.5, 0.6) is 11.5 Å². The molecule has 2 N–H and O–H groups in total. The van der Waals surface area contributed by atoms with Gasteiger partial charge in [0.05, 0.1) is 26.3 Å². The van der Waals surface area contributed by atoms with Crippen LogP contribution in [0.3, 0.4) is 0 Å². The number of amides is 1. The molecule has 2 aromatic rings. The second-order valence-corrected chi connectivity index (χ2v) is 6.18. The summed E-state index contributed by atoms with van der Waals surface area (Å²) in [6, 6.07) is 4.56. The number of hydrogen-bond donors (Lipinski definition) is 2. The van der Waals surface area contributed by atoms with Crippen molar-refractivity contribution < 1.29 is 33.7 Å². The van der Waals surface area contributed by atoms with Gasteiger partial charge in [0.2, 0.25) is 0 Å². The molecule has 0 aliphatic carbocycles. The quantitative estimate of drug-likeness (QED) is 0.502. The number of nitrogens with one attached hydrogen (secondary N) is 1. The summed E-state index contributed by atoms with van der Waals surface area (Å²) >= 11 is 1.14. The zero-order chi connectivity index (χ0) is 20.5. The molecule has 0 aliphatic rings. The molecule has 0 atom stereocenters. The van der Waals surface area contributed by atoms with E-state index in [9.17, 15) is 19.5 Å². The van der Waals surface area contributed by atoms with Crippen LogP contribution in [0.4, 0.5) is 5.13 Å². The topological polar surface area (TPSA) is 124 Å². The Morgan fingerprint density at radius 3 is 2.79 bits per heavy atom. The van der Waals surface area contributed by atoms with Gasteiger partial charge in [-0.05, 0) is 23.8 Å². The van der Waals surface area contributed by atoms with E-state index >= 15 is 0 Å². The number of rotatable bonds is 8. The Labute approximate surface area is 164 Å². The summed E-state index contributed by atoms with van der Waals surface area (Å²) in [6.07, 6.45) is 2.61. The van der Waals surface area contributed by atoms with Crippen LogP contribution in [0.25, 0.3) is 6.08 Å². The number of phenolic OH excluding ortho intramolecular Hbond substituents is 1. The number of anilines is 1. The van der Waals surface area contributed by atoms with Crippen LogP contribution >= 0.6 is 11.3 Å². The molecule has 148 valence electrons. The number of benzene rings is 1. The minimum absolute atomic E-state index is 0.00466. The molecule has 9 nitrogen and oxygen atoms in total. The van der Waals surface area contributed by atoms with Crippen LogP contribution in [-0.4, -0.2) is 48.8 Å². The van der Waals surface area contributed by atoms with E-state index in [1.54, 1.807) is 17.5 Å². The lowest BCUT2D eigenvalue weighted by Gasteiger charge is -2.04. The standard InChI is InChI=1S/C18H18N2O7S/c1-25-14-7-11(3-5-13(14)21)4-6-16(23)27-9-15(22)20-18-19-12(10-28-18)8-17(24)26-2/h3-7,10,21H,8-9H2,1-2H3,(H,19,20,22)/b6-4+. The summed E-state index contributed by atoms with van der Waals surface area (Å²) in [5, 5.41) is 13.9. The predicted octanol–water partition coefficient (Wildman–Crippen LogP) is 1.77. The second-order valence-electron chi connectivity index (χ2n) is 5.32. The molecule has 1 amide bonds. The summed E-state index contributed by atoms with van der Waals surface area (Å²) in [5.74, 6) is -1.46. The van der Waals surface area contributed by atoms with E-state index in [0.717, 1.165) is 17.4 Å². The molecule has 2 rings (SSSR count). The molecule has 1 heterocycles. The fourth-order valence-electron chi connectivity index (χ4n) is 1.97. The van der Waals surface area contributed by atoms with Crippen LogP contribution in [0.2, 0.25) is 0 Å². The number of esters is 2. The molecule has 1 aromatic heterocycles. The first-order chi connectivity index (χ1) is 13.4. The van der Waals surface area contributed by atoms with Crippen molar-refractivity contribution in [3.8, 4) is 11.5 Å². The maximum Gasteiger partial charge on any atom is 0.331 e. The van der Waals surface area contributed by atoms with Crippen LogP contribution < -0.4 is 10.1 Å². The van der Waals surface area contributed by atoms with E-state index in [1.807, 2.05) is 0 Å². The number of phenols is 1. The molecule has 10 heteroatoms. The van der Waals surface area contributed by atoms with Crippen molar-refractivity contribution in [1.82, 2.24) is 4.98 Å². The summed E-state index contributed by atoms with van der Waals surface area (Å²) in [6.45, 7) is -0.492. The summed E-state index contributed by atoms with van der Waals surface area (Å²) in [7, 11) is 2.69. The lowest BCUT2D eigenvalue weighted by atomic mass is 10.2. The molecule has 0 saturated heterocycles. The van der Waals surface area contributed by atoms with Gasteiger partial charge in [0.1, 0.15) is 0 Å². The lowest BCUT2D eigenvalue weighted by molar-refractivity contribution is -0.142. The van der Waals surface area contributed by atoms with E-state index < -0.39 is 24.5 Å². The first-order valence-electron chi connectivity index (χ1n) is 7.94. The second kappa shape index (κ2) is 10.1. The van der Waals surface area contributed by atoms with Crippen molar-refractivity contribution >= 4 is 40.4 Å². The van der Waals surface area contributed by atoms with Gasteiger partial charge in [-0.25, -0.2) is 9.78 Å². The predicted molar refractivity (Wildman–Crippen MR) is 101 cm³/mol. The van der Waals surface area contributed by atoms with Gasteiger partial charge >= 0.3 is 11.9 Å².